The molecule has 1 saturated carbocycles. The molecule has 3 aromatic rings. The summed E-state index contributed by atoms with van der Waals surface area (Å²) in [6.45, 7) is 10.5. The number of hydrogen-bond donors (Lipinski definition) is 2. The summed E-state index contributed by atoms with van der Waals surface area (Å²) in [7, 11) is 1.47. The Morgan fingerprint density at radius 2 is 1.75 bits per heavy atom. The summed E-state index contributed by atoms with van der Waals surface area (Å²) in [5.74, 6) is -0.637. The summed E-state index contributed by atoms with van der Waals surface area (Å²) in [6.07, 6.45) is 1.18. The average molecular weight is 552 g/mol. The molecule has 0 bridgehead atoms. The lowest BCUT2D eigenvalue weighted by molar-refractivity contribution is 0.0540. The third-order valence-corrected chi connectivity index (χ3v) is 7.47. The molecule has 212 valence electrons. The molecule has 0 radical (unpaired) electrons. The van der Waals surface area contributed by atoms with Crippen molar-refractivity contribution in [3.63, 3.8) is 0 Å². The minimum absolute atomic E-state index is 0.0146. The van der Waals surface area contributed by atoms with E-state index >= 15 is 4.39 Å². The van der Waals surface area contributed by atoms with Crippen LogP contribution < -0.4 is 27.4 Å². The number of alkyl carbamates (subject to hydrolysis) is 1. The fourth-order valence-electron chi connectivity index (χ4n) is 5.14. The predicted molar refractivity (Wildman–Crippen MR) is 151 cm³/mol. The van der Waals surface area contributed by atoms with E-state index in [1.807, 2.05) is 6.92 Å². The number of pyridine rings is 1. The van der Waals surface area contributed by atoms with Crippen LogP contribution in [-0.2, 0) is 11.8 Å². The van der Waals surface area contributed by atoms with Crippen molar-refractivity contribution in [2.75, 3.05) is 5.32 Å². The first kappa shape index (κ1) is 27.4. The minimum atomic E-state index is -0.684. The lowest BCUT2D eigenvalue weighted by atomic mass is 9.88. The Labute approximate surface area is 230 Å². The van der Waals surface area contributed by atoms with Crippen molar-refractivity contribution in [2.45, 2.75) is 78.5 Å². The van der Waals surface area contributed by atoms with E-state index in [0.29, 0.717) is 41.8 Å². The van der Waals surface area contributed by atoms with Crippen LogP contribution in [0.5, 0.6) is 0 Å². The van der Waals surface area contributed by atoms with E-state index < -0.39 is 34.3 Å². The van der Waals surface area contributed by atoms with Crippen molar-refractivity contribution in [3.05, 3.63) is 77.6 Å². The van der Waals surface area contributed by atoms with Crippen LogP contribution in [0.15, 0.2) is 43.9 Å². The van der Waals surface area contributed by atoms with E-state index in [1.165, 1.54) is 28.3 Å². The van der Waals surface area contributed by atoms with Gasteiger partial charge in [-0.1, -0.05) is 6.07 Å². The second kappa shape index (κ2) is 9.50. The van der Waals surface area contributed by atoms with Crippen molar-refractivity contribution >= 4 is 22.8 Å². The molecule has 40 heavy (non-hydrogen) atoms. The monoisotopic (exact) mass is 551 g/mol. The van der Waals surface area contributed by atoms with Gasteiger partial charge in [0.1, 0.15) is 22.5 Å². The molecule has 11 heteroatoms. The molecule has 2 aliphatic carbocycles. The van der Waals surface area contributed by atoms with Gasteiger partial charge >= 0.3 is 11.8 Å². The van der Waals surface area contributed by atoms with Gasteiger partial charge in [0.2, 0.25) is 0 Å². The predicted octanol–water partition coefficient (Wildman–Crippen LogP) is 3.92. The summed E-state index contributed by atoms with van der Waals surface area (Å²) in [5.41, 5.74) is 0.460. The van der Waals surface area contributed by atoms with Gasteiger partial charge in [-0.05, 0) is 77.7 Å². The first-order chi connectivity index (χ1) is 18.7. The average Bonchev–Trinajstić information content (AvgIpc) is 3.68. The lowest BCUT2D eigenvalue weighted by Gasteiger charge is -2.34. The number of ether oxygens (including phenoxy) is 1. The Morgan fingerprint density at radius 3 is 2.33 bits per heavy atom. The summed E-state index contributed by atoms with van der Waals surface area (Å²) in [5, 5.41) is 6.22. The maximum atomic E-state index is 15.3. The fraction of sp³-hybridized carbons (Fsp3) is 0.448. The number of anilines is 1. The van der Waals surface area contributed by atoms with Gasteiger partial charge in [0.05, 0.1) is 17.4 Å². The molecule has 0 saturated heterocycles. The normalized spacial score (nSPS) is 17.1. The first-order valence-electron chi connectivity index (χ1n) is 13.3. The second-order valence-electron chi connectivity index (χ2n) is 11.7. The molecule has 1 fully saturated rings. The molecular weight excluding hydrogens is 517 g/mol. The Morgan fingerprint density at radius 1 is 1.07 bits per heavy atom. The lowest BCUT2D eigenvalue weighted by Crippen LogP contribution is -2.44. The number of hydrogen-bond acceptors (Lipinski definition) is 6. The number of aromatic nitrogens is 3. The van der Waals surface area contributed by atoms with Crippen LogP contribution in [0.25, 0.3) is 16.7 Å². The van der Waals surface area contributed by atoms with Crippen LogP contribution >= 0.6 is 0 Å². The summed E-state index contributed by atoms with van der Waals surface area (Å²) >= 11 is 0. The molecule has 1 amide bonds. The topological polar surface area (TPSA) is 116 Å². The van der Waals surface area contributed by atoms with E-state index in [0.717, 1.165) is 10.1 Å². The van der Waals surface area contributed by atoms with E-state index in [4.69, 9.17) is 4.74 Å². The van der Waals surface area contributed by atoms with Crippen molar-refractivity contribution in [1.29, 1.82) is 0 Å². The van der Waals surface area contributed by atoms with Crippen LogP contribution in [0, 0.1) is 19.7 Å². The third kappa shape index (κ3) is 4.63. The van der Waals surface area contributed by atoms with Crippen molar-refractivity contribution in [1.82, 2.24) is 19.0 Å². The van der Waals surface area contributed by atoms with Gasteiger partial charge in [0, 0.05) is 30.8 Å². The van der Waals surface area contributed by atoms with Crippen molar-refractivity contribution in [3.8, 4) is 5.69 Å². The van der Waals surface area contributed by atoms with Crippen molar-refractivity contribution in [2.24, 2.45) is 7.05 Å². The Bertz CT molecular complexity index is 1790. The van der Waals surface area contributed by atoms with Gasteiger partial charge in [-0.15, -0.1) is 0 Å². The van der Waals surface area contributed by atoms with Gasteiger partial charge in [-0.25, -0.2) is 18.5 Å². The SMILES string of the molecule is CC1=C(NC(=O)OC(C)(C)C)CC1Nc1c(C)c(=O)n(C)c2c1c(=O)n(C1CC1)c(=O)n2-c1ccc(C)cc1F. The maximum absolute atomic E-state index is 15.3. The quantitative estimate of drug-likeness (QED) is 0.497. The van der Waals surface area contributed by atoms with Gasteiger partial charge < -0.3 is 10.1 Å². The molecule has 2 heterocycles. The number of fused-ring (bicyclic) bond motifs is 1. The molecule has 5 rings (SSSR count). The standard InChI is InChI=1S/C29H34FN5O5/c1-14-8-11-21(18(30)12-14)35-24-22(26(37)34(28(35)39)17-9-10-17)23(16(3)25(36)33(24)7)31-19-13-20(15(19)2)32-27(38)40-29(4,5)6/h8,11-12,17,19,31H,9-10,13H2,1-7H3,(H,32,38). The number of halogens is 1. The number of carbonyl (C=O) groups is 1. The third-order valence-electron chi connectivity index (χ3n) is 7.47. The number of aryl methyl sites for hydroxylation is 2. The summed E-state index contributed by atoms with van der Waals surface area (Å²) in [4.78, 5) is 53.3. The minimum Gasteiger partial charge on any atom is -0.444 e. The highest BCUT2D eigenvalue weighted by molar-refractivity contribution is 5.92. The zero-order valence-corrected chi connectivity index (χ0v) is 23.8. The number of rotatable bonds is 5. The zero-order chi connectivity index (χ0) is 29.3. The zero-order valence-electron chi connectivity index (χ0n) is 23.8. The van der Waals surface area contributed by atoms with E-state index in [1.54, 1.807) is 40.7 Å². The number of amides is 1. The number of carbonyl (C=O) groups excluding carboxylic acids is 1. The van der Waals surface area contributed by atoms with E-state index in [-0.39, 0.29) is 28.8 Å². The number of benzene rings is 1. The van der Waals surface area contributed by atoms with Crippen LogP contribution in [0.1, 0.15) is 64.1 Å². The molecule has 2 aliphatic rings. The number of nitrogens with zero attached hydrogens (tertiary/aromatic N) is 3. The maximum Gasteiger partial charge on any atom is 0.411 e. The van der Waals surface area contributed by atoms with Crippen LogP contribution in [0.3, 0.4) is 0 Å². The highest BCUT2D eigenvalue weighted by atomic mass is 19.1. The highest BCUT2D eigenvalue weighted by Gasteiger charge is 2.34. The fourth-order valence-corrected chi connectivity index (χ4v) is 5.14. The van der Waals surface area contributed by atoms with Crippen LogP contribution in [-0.4, -0.2) is 31.4 Å². The molecule has 0 spiro atoms. The van der Waals surface area contributed by atoms with Crippen molar-refractivity contribution < 1.29 is 13.9 Å². The van der Waals surface area contributed by atoms with Gasteiger partial charge in [-0.2, -0.15) is 0 Å². The Balaban J connectivity index is 1.69. The van der Waals surface area contributed by atoms with Crippen LogP contribution in [0.4, 0.5) is 14.9 Å². The molecule has 2 N–H and O–H groups in total. The summed E-state index contributed by atoms with van der Waals surface area (Å²) in [6, 6.07) is 3.90. The molecule has 1 atom stereocenters. The van der Waals surface area contributed by atoms with Crippen LogP contribution in [0.2, 0.25) is 0 Å². The largest absolute Gasteiger partial charge is 0.444 e. The smallest absolute Gasteiger partial charge is 0.411 e. The number of nitrogens with one attached hydrogen (secondary N) is 2. The Hall–Kier alpha value is -4.15. The first-order valence-corrected chi connectivity index (χ1v) is 13.3. The molecule has 2 aromatic heterocycles. The molecular formula is C29H34FN5O5. The van der Waals surface area contributed by atoms with E-state index in [2.05, 4.69) is 10.6 Å². The molecule has 0 aliphatic heterocycles. The van der Waals surface area contributed by atoms with Gasteiger partial charge in [-0.3, -0.25) is 24.0 Å². The molecule has 10 nitrogen and oxygen atoms in total. The summed E-state index contributed by atoms with van der Waals surface area (Å²) < 4.78 is 24.2. The highest BCUT2D eigenvalue weighted by Crippen LogP contribution is 2.35. The molecule has 1 unspecified atom stereocenters. The van der Waals surface area contributed by atoms with E-state index in [9.17, 15) is 19.2 Å². The molecule has 1 aromatic carbocycles. The van der Waals surface area contributed by atoms with Gasteiger partial charge in [0.15, 0.2) is 0 Å². The Kier molecular flexibility index (Phi) is 6.51. The van der Waals surface area contributed by atoms with Gasteiger partial charge in [0.25, 0.3) is 11.1 Å². The second-order valence-corrected chi connectivity index (χ2v) is 11.7.